The summed E-state index contributed by atoms with van der Waals surface area (Å²) in [4.78, 5) is 66.0. The Morgan fingerprint density at radius 1 is 0.488 bits per heavy atom. The molecule has 5 amide bonds. The highest BCUT2D eigenvalue weighted by molar-refractivity contribution is 5.93. The first-order chi connectivity index (χ1) is 39.3. The summed E-state index contributed by atoms with van der Waals surface area (Å²) in [6.45, 7) is 0.112. The van der Waals surface area contributed by atoms with Crippen LogP contribution in [0, 0.1) is 0 Å². The van der Waals surface area contributed by atoms with Gasteiger partial charge in [0, 0.05) is 19.5 Å². The molecule has 3 saturated heterocycles. The predicted molar refractivity (Wildman–Crippen MR) is 289 cm³/mol. The summed E-state index contributed by atoms with van der Waals surface area (Å²) < 4.78 is 33.9. The van der Waals surface area contributed by atoms with Crippen LogP contribution in [0.5, 0.6) is 0 Å². The fraction of sp³-hybridized carbons (Fsp3) is 0.870. The quantitative estimate of drug-likeness (QED) is 0.0205. The lowest BCUT2D eigenvalue weighted by Crippen LogP contribution is -2.66. The maximum absolute atomic E-state index is 14.1. The number of hydrogen-bond acceptors (Lipinski definition) is 23. The first-order valence-electron chi connectivity index (χ1n) is 29.1. The van der Waals surface area contributed by atoms with Gasteiger partial charge in [0.2, 0.25) is 29.5 Å². The van der Waals surface area contributed by atoms with Crippen LogP contribution >= 0.6 is 0 Å². The van der Waals surface area contributed by atoms with Crippen LogP contribution < -0.4 is 26.6 Å². The molecule has 0 spiro atoms. The number of aliphatic hydroxyl groups is 12. The van der Waals surface area contributed by atoms with Crippen molar-refractivity contribution in [3.8, 4) is 0 Å². The lowest BCUT2D eigenvalue weighted by atomic mass is 9.98. The van der Waals surface area contributed by atoms with Gasteiger partial charge in [-0.2, -0.15) is 0 Å². The summed E-state index contributed by atoms with van der Waals surface area (Å²) in [7, 11) is 0. The maximum atomic E-state index is 14.1. The number of nitrogens with one attached hydrogen (secondary N) is 5. The fourth-order valence-corrected chi connectivity index (χ4v) is 9.53. The molecule has 0 aromatic rings. The zero-order valence-corrected chi connectivity index (χ0v) is 47.4. The summed E-state index contributed by atoms with van der Waals surface area (Å²) in [6.07, 6.45) is -9.31. The Morgan fingerprint density at radius 2 is 0.866 bits per heavy atom. The third-order valence-electron chi connectivity index (χ3n) is 14.7. The van der Waals surface area contributed by atoms with Crippen molar-refractivity contribution in [1.82, 2.24) is 26.6 Å². The molecule has 1 unspecified atom stereocenters. The smallest absolute Gasteiger partial charge is 0.243 e. The van der Waals surface area contributed by atoms with Crippen molar-refractivity contribution in [3.63, 3.8) is 0 Å². The molecule has 28 heteroatoms. The molecule has 3 heterocycles. The van der Waals surface area contributed by atoms with Gasteiger partial charge in [-0.25, -0.2) is 0 Å². The Balaban J connectivity index is 1.80. The molecule has 3 aliphatic heterocycles. The van der Waals surface area contributed by atoms with E-state index in [0.717, 1.165) is 70.6 Å². The van der Waals surface area contributed by atoms with Gasteiger partial charge in [0.25, 0.3) is 0 Å². The van der Waals surface area contributed by atoms with E-state index < -0.39 is 180 Å². The van der Waals surface area contributed by atoms with Crippen molar-refractivity contribution >= 4 is 29.5 Å². The highest BCUT2D eigenvalue weighted by Crippen LogP contribution is 2.28. The Labute approximate surface area is 479 Å². The fourth-order valence-electron chi connectivity index (χ4n) is 9.53. The van der Waals surface area contributed by atoms with Crippen LogP contribution in [-0.4, -0.2) is 254 Å². The summed E-state index contributed by atoms with van der Waals surface area (Å²) in [6, 6.07) is -1.36. The van der Waals surface area contributed by atoms with Crippen molar-refractivity contribution in [1.29, 1.82) is 0 Å². The molecule has 82 heavy (non-hydrogen) atoms. The van der Waals surface area contributed by atoms with E-state index in [4.69, 9.17) is 28.4 Å². The number of ether oxygens (including phenoxy) is 6. The maximum Gasteiger partial charge on any atom is 0.243 e. The standard InChI is InChI=1S/C54H97N5O23/c1-3-5-6-7-8-9-11-15-18-21-24-56-50(76)33(58-38(64)22-19-16-13-10-12-14-17-20-23-55-37(63)4-2)25-39(65)57-26-40(66)59-54(30-77-51-47(73)44(70)41(67)34(27-60)80-51,31-78-52-48(74)45(71)42(68)35(28-61)81-52)32-79-53-49(75)46(72)43(69)36(29-62)82-53/h4,33-36,41-49,51-53,60-62,67-75H,2-3,5-32H2,1H3,(H,55,63)(H,56,76)(H,57,65)(H,58,64)(H,59,66)/t33?,34-,35-,36-,41+,42+,43+,44+,45+,46+,47-,48-,49-,51-,52-,53-/m1/s1. The molecule has 28 nitrogen and oxygen atoms in total. The number of rotatable bonds is 42. The number of hydrogen-bond donors (Lipinski definition) is 17. The SMILES string of the molecule is C=CC(=O)NCCCCCCCCCCC(=O)NC(CC(=O)NCC(=O)NC(CO[C@@H]1O[C@H](CO)[C@H](O)[C@H](O)[C@H]1O)(CO[C@@H]1O[C@H](CO)[C@H](O)[C@H](O)[C@H]1O)CO[C@@H]1O[C@H](CO)[C@H](O)[C@H](O)[C@H]1O)C(=O)NCCCCCCCCCCCC. The second-order valence-corrected chi connectivity index (χ2v) is 21.5. The number of aliphatic hydroxyl groups excluding tert-OH is 12. The molecule has 0 aliphatic carbocycles. The summed E-state index contributed by atoms with van der Waals surface area (Å²) in [5.41, 5.74) is -2.26. The minimum Gasteiger partial charge on any atom is -0.394 e. The first-order valence-corrected chi connectivity index (χ1v) is 29.1. The molecule has 16 atom stereocenters. The van der Waals surface area contributed by atoms with Crippen LogP contribution in [-0.2, 0) is 52.4 Å². The van der Waals surface area contributed by atoms with E-state index in [0.29, 0.717) is 19.4 Å². The molecule has 17 N–H and O–H groups in total. The highest BCUT2D eigenvalue weighted by Gasteiger charge is 2.50. The van der Waals surface area contributed by atoms with E-state index in [1.165, 1.54) is 38.2 Å². The van der Waals surface area contributed by atoms with Crippen molar-refractivity contribution in [2.75, 3.05) is 59.3 Å². The van der Waals surface area contributed by atoms with Crippen LogP contribution in [0.1, 0.15) is 135 Å². The van der Waals surface area contributed by atoms with Crippen LogP contribution in [0.2, 0.25) is 0 Å². The Kier molecular flexibility index (Phi) is 35.3. The number of unbranched alkanes of at least 4 members (excludes halogenated alkanes) is 16. The van der Waals surface area contributed by atoms with Crippen LogP contribution in [0.15, 0.2) is 12.7 Å². The number of carbonyl (C=O) groups is 5. The van der Waals surface area contributed by atoms with Crippen LogP contribution in [0.3, 0.4) is 0 Å². The molecule has 0 aromatic carbocycles. The summed E-state index contributed by atoms with van der Waals surface area (Å²) >= 11 is 0. The Hall–Kier alpha value is -3.63. The van der Waals surface area contributed by atoms with Gasteiger partial charge < -0.3 is 116 Å². The van der Waals surface area contributed by atoms with E-state index >= 15 is 0 Å². The molecule has 0 aromatic heterocycles. The van der Waals surface area contributed by atoms with Crippen molar-refractivity contribution in [3.05, 3.63) is 12.7 Å². The van der Waals surface area contributed by atoms with Crippen molar-refractivity contribution < 1.29 is 114 Å². The summed E-state index contributed by atoms with van der Waals surface area (Å²) in [5.74, 6) is -3.28. The van der Waals surface area contributed by atoms with E-state index in [-0.39, 0.29) is 18.9 Å². The van der Waals surface area contributed by atoms with Crippen LogP contribution in [0.4, 0.5) is 0 Å². The van der Waals surface area contributed by atoms with Gasteiger partial charge in [-0.3, -0.25) is 24.0 Å². The first kappa shape index (κ1) is 72.6. The highest BCUT2D eigenvalue weighted by atomic mass is 16.7. The van der Waals surface area contributed by atoms with E-state index in [9.17, 15) is 85.3 Å². The molecule has 3 aliphatic rings. The molecular weight excluding hydrogens is 1090 g/mol. The van der Waals surface area contributed by atoms with E-state index in [1.54, 1.807) is 0 Å². The average Bonchev–Trinajstić information content (AvgIpc) is 3.63. The normalized spacial score (nSPS) is 28.9. The number of amides is 5. The van der Waals surface area contributed by atoms with E-state index in [2.05, 4.69) is 40.1 Å². The second-order valence-electron chi connectivity index (χ2n) is 21.5. The molecule has 3 fully saturated rings. The van der Waals surface area contributed by atoms with Gasteiger partial charge in [0.1, 0.15) is 84.8 Å². The topological polar surface area (TPSA) is 444 Å². The van der Waals surface area contributed by atoms with E-state index in [1.807, 2.05) is 0 Å². The zero-order valence-electron chi connectivity index (χ0n) is 47.4. The molecule has 0 bridgehead atoms. The van der Waals surface area contributed by atoms with Gasteiger partial charge in [-0.15, -0.1) is 0 Å². The van der Waals surface area contributed by atoms with Gasteiger partial charge in [0.05, 0.1) is 52.6 Å². The van der Waals surface area contributed by atoms with Crippen molar-refractivity contribution in [2.45, 2.75) is 239 Å². The number of carbonyl (C=O) groups excluding carboxylic acids is 5. The monoisotopic (exact) mass is 1180 g/mol. The van der Waals surface area contributed by atoms with Gasteiger partial charge >= 0.3 is 0 Å². The van der Waals surface area contributed by atoms with Gasteiger partial charge in [0.15, 0.2) is 18.9 Å². The second kappa shape index (κ2) is 39.9. The third kappa shape index (κ3) is 25.1. The largest absolute Gasteiger partial charge is 0.394 e. The minimum atomic E-state index is -2.26. The Morgan fingerprint density at radius 3 is 1.26 bits per heavy atom. The van der Waals surface area contributed by atoms with Crippen molar-refractivity contribution in [2.24, 2.45) is 0 Å². The lowest BCUT2D eigenvalue weighted by molar-refractivity contribution is -0.324. The Bertz CT molecular complexity index is 1740. The van der Waals surface area contributed by atoms with Gasteiger partial charge in [-0.05, 0) is 25.3 Å². The summed E-state index contributed by atoms with van der Waals surface area (Å²) in [5, 5.41) is 138. The molecular formula is C54H97N5O23. The molecule has 0 radical (unpaired) electrons. The third-order valence-corrected chi connectivity index (χ3v) is 14.7. The average molecular weight is 1180 g/mol. The lowest BCUT2D eigenvalue weighted by Gasteiger charge is -2.44. The predicted octanol–water partition coefficient (Wildman–Crippen LogP) is -3.87. The van der Waals surface area contributed by atoms with Crippen LogP contribution in [0.25, 0.3) is 0 Å². The molecule has 0 saturated carbocycles. The molecule has 476 valence electrons. The zero-order chi connectivity index (χ0) is 60.6. The molecule has 3 rings (SSSR count). The van der Waals surface area contributed by atoms with Gasteiger partial charge in [-0.1, -0.05) is 110 Å². The minimum absolute atomic E-state index is 0.0684.